The van der Waals surface area contributed by atoms with Crippen molar-refractivity contribution in [3.8, 4) is 17.6 Å². The van der Waals surface area contributed by atoms with E-state index in [0.717, 1.165) is 16.7 Å². The van der Waals surface area contributed by atoms with Crippen LogP contribution in [-0.4, -0.2) is 5.11 Å². The number of phenolic OH excluding ortho intramolecular Hbond substituents is 1. The SMILES string of the molecule is Cc1cccc(C2C(C#N)=C(N)Oc3cc(O)ccc32)c1. The Kier molecular flexibility index (Phi) is 3.03. The van der Waals surface area contributed by atoms with Crippen molar-refractivity contribution < 1.29 is 9.84 Å². The summed E-state index contributed by atoms with van der Waals surface area (Å²) >= 11 is 0. The largest absolute Gasteiger partial charge is 0.508 e. The van der Waals surface area contributed by atoms with E-state index in [0.29, 0.717) is 11.3 Å². The maximum Gasteiger partial charge on any atom is 0.205 e. The molecule has 1 aliphatic heterocycles. The average Bonchev–Trinajstić information content (AvgIpc) is 2.45. The van der Waals surface area contributed by atoms with Crippen molar-refractivity contribution in [2.45, 2.75) is 12.8 Å². The van der Waals surface area contributed by atoms with Crippen molar-refractivity contribution in [3.63, 3.8) is 0 Å². The molecule has 0 amide bonds. The molecule has 0 radical (unpaired) electrons. The number of nitrogens with two attached hydrogens (primary N) is 1. The van der Waals surface area contributed by atoms with Crippen molar-refractivity contribution in [1.82, 2.24) is 0 Å². The zero-order chi connectivity index (χ0) is 15.0. The summed E-state index contributed by atoms with van der Waals surface area (Å²) in [7, 11) is 0. The summed E-state index contributed by atoms with van der Waals surface area (Å²) in [6, 6.07) is 14.9. The first-order valence-corrected chi connectivity index (χ1v) is 6.57. The molecule has 0 saturated heterocycles. The Balaban J connectivity index is 2.24. The summed E-state index contributed by atoms with van der Waals surface area (Å²) in [5, 5.41) is 19.0. The smallest absolute Gasteiger partial charge is 0.205 e. The minimum atomic E-state index is -0.278. The highest BCUT2D eigenvalue weighted by Gasteiger charge is 2.30. The van der Waals surface area contributed by atoms with Crippen LogP contribution in [0.2, 0.25) is 0 Å². The van der Waals surface area contributed by atoms with Crippen molar-refractivity contribution in [3.05, 3.63) is 70.6 Å². The maximum atomic E-state index is 9.60. The minimum absolute atomic E-state index is 0.0853. The zero-order valence-corrected chi connectivity index (χ0v) is 11.5. The normalized spacial score (nSPS) is 16.9. The van der Waals surface area contributed by atoms with Gasteiger partial charge in [-0.3, -0.25) is 0 Å². The fraction of sp³-hybridized carbons (Fsp3) is 0.118. The molecule has 2 aromatic carbocycles. The molecule has 1 atom stereocenters. The van der Waals surface area contributed by atoms with E-state index in [1.807, 2.05) is 31.2 Å². The van der Waals surface area contributed by atoms with Gasteiger partial charge in [0.15, 0.2) is 0 Å². The first kappa shape index (κ1) is 13.1. The number of rotatable bonds is 1. The van der Waals surface area contributed by atoms with Crippen LogP contribution in [0.4, 0.5) is 0 Å². The van der Waals surface area contributed by atoms with Crippen molar-refractivity contribution in [2.75, 3.05) is 0 Å². The number of nitrogens with zero attached hydrogens (tertiary/aromatic N) is 1. The first-order valence-electron chi connectivity index (χ1n) is 6.57. The minimum Gasteiger partial charge on any atom is -0.508 e. The van der Waals surface area contributed by atoms with E-state index in [1.54, 1.807) is 12.1 Å². The third kappa shape index (κ3) is 2.19. The van der Waals surface area contributed by atoms with E-state index in [9.17, 15) is 10.4 Å². The molecular weight excluding hydrogens is 264 g/mol. The molecule has 0 aliphatic carbocycles. The van der Waals surface area contributed by atoms with Crippen molar-refractivity contribution in [2.24, 2.45) is 5.73 Å². The fourth-order valence-electron chi connectivity index (χ4n) is 2.64. The molecule has 3 N–H and O–H groups in total. The van der Waals surface area contributed by atoms with Gasteiger partial charge in [0.05, 0.1) is 5.92 Å². The topological polar surface area (TPSA) is 79.3 Å². The number of aryl methyl sites for hydroxylation is 1. The summed E-state index contributed by atoms with van der Waals surface area (Å²) in [5.41, 5.74) is 9.17. The number of nitriles is 1. The quantitative estimate of drug-likeness (QED) is 0.840. The molecule has 2 aromatic rings. The monoisotopic (exact) mass is 278 g/mol. The molecule has 1 aliphatic rings. The lowest BCUT2D eigenvalue weighted by Gasteiger charge is -2.26. The number of ether oxygens (including phenoxy) is 1. The summed E-state index contributed by atoms with van der Waals surface area (Å²) in [4.78, 5) is 0. The average molecular weight is 278 g/mol. The summed E-state index contributed by atoms with van der Waals surface area (Å²) in [5.74, 6) is 0.393. The number of allylic oxidation sites excluding steroid dienone is 1. The number of aromatic hydroxyl groups is 1. The molecular formula is C17H14N2O2. The Hall–Kier alpha value is -2.93. The second-order valence-electron chi connectivity index (χ2n) is 5.06. The van der Waals surface area contributed by atoms with Gasteiger partial charge in [-0.1, -0.05) is 35.9 Å². The third-order valence-corrected chi connectivity index (χ3v) is 3.58. The number of hydrogen-bond donors (Lipinski definition) is 2. The molecule has 0 saturated carbocycles. The molecule has 3 rings (SSSR count). The van der Waals surface area contributed by atoms with Gasteiger partial charge >= 0.3 is 0 Å². The molecule has 21 heavy (non-hydrogen) atoms. The van der Waals surface area contributed by atoms with Gasteiger partial charge in [0, 0.05) is 11.6 Å². The number of benzene rings is 2. The molecule has 1 heterocycles. The fourth-order valence-corrected chi connectivity index (χ4v) is 2.64. The molecule has 4 nitrogen and oxygen atoms in total. The van der Waals surface area contributed by atoms with Crippen LogP contribution >= 0.6 is 0 Å². The van der Waals surface area contributed by atoms with Crippen LogP contribution in [0.15, 0.2) is 53.9 Å². The van der Waals surface area contributed by atoms with E-state index < -0.39 is 0 Å². The molecule has 0 bridgehead atoms. The van der Waals surface area contributed by atoms with E-state index in [1.165, 1.54) is 6.07 Å². The summed E-state index contributed by atoms with van der Waals surface area (Å²) in [6.07, 6.45) is 0. The van der Waals surface area contributed by atoms with Crippen LogP contribution in [0.25, 0.3) is 0 Å². The van der Waals surface area contributed by atoms with Crippen molar-refractivity contribution in [1.29, 1.82) is 5.26 Å². The lowest BCUT2D eigenvalue weighted by Crippen LogP contribution is -2.21. The lowest BCUT2D eigenvalue weighted by molar-refractivity contribution is 0.388. The Morgan fingerprint density at radius 1 is 1.24 bits per heavy atom. The molecule has 104 valence electrons. The number of fused-ring (bicyclic) bond motifs is 1. The Labute approximate surface area is 122 Å². The molecule has 0 fully saturated rings. The van der Waals surface area contributed by atoms with Gasteiger partial charge in [-0.15, -0.1) is 0 Å². The molecule has 4 heteroatoms. The lowest BCUT2D eigenvalue weighted by atomic mass is 9.83. The summed E-state index contributed by atoms with van der Waals surface area (Å²) in [6.45, 7) is 2.00. The van der Waals surface area contributed by atoms with Crippen LogP contribution in [0.3, 0.4) is 0 Å². The Bertz CT molecular complexity index is 788. The standard InChI is InChI=1S/C17H14N2O2/c1-10-3-2-4-11(7-10)16-13-6-5-12(20)8-15(13)21-17(19)14(16)9-18/h2-8,16,20H,19H2,1H3. The van der Waals surface area contributed by atoms with Crippen LogP contribution in [0, 0.1) is 18.3 Å². The van der Waals surface area contributed by atoms with Gasteiger partial charge in [0.2, 0.25) is 5.88 Å². The van der Waals surface area contributed by atoms with Gasteiger partial charge in [0.1, 0.15) is 23.1 Å². The van der Waals surface area contributed by atoms with E-state index in [-0.39, 0.29) is 17.6 Å². The maximum absolute atomic E-state index is 9.60. The van der Waals surface area contributed by atoms with Crippen molar-refractivity contribution >= 4 is 0 Å². The van der Waals surface area contributed by atoms with E-state index in [2.05, 4.69) is 6.07 Å². The Morgan fingerprint density at radius 3 is 2.76 bits per heavy atom. The predicted molar refractivity (Wildman–Crippen MR) is 78.6 cm³/mol. The summed E-state index contributed by atoms with van der Waals surface area (Å²) < 4.78 is 5.47. The van der Waals surface area contributed by atoms with E-state index >= 15 is 0 Å². The van der Waals surface area contributed by atoms with Gasteiger partial charge < -0.3 is 15.6 Å². The highest BCUT2D eigenvalue weighted by Crippen LogP contribution is 2.43. The zero-order valence-electron chi connectivity index (χ0n) is 11.5. The van der Waals surface area contributed by atoms with E-state index in [4.69, 9.17) is 10.5 Å². The molecule has 0 spiro atoms. The van der Waals surface area contributed by atoms with Gasteiger partial charge in [0.25, 0.3) is 0 Å². The van der Waals surface area contributed by atoms with Crippen LogP contribution in [-0.2, 0) is 0 Å². The predicted octanol–water partition coefficient (Wildman–Crippen LogP) is 2.92. The second-order valence-corrected chi connectivity index (χ2v) is 5.06. The van der Waals surface area contributed by atoms with Gasteiger partial charge in [-0.05, 0) is 18.6 Å². The second kappa shape index (κ2) is 4.88. The van der Waals surface area contributed by atoms with Crippen LogP contribution in [0.5, 0.6) is 11.5 Å². The highest BCUT2D eigenvalue weighted by atomic mass is 16.5. The van der Waals surface area contributed by atoms with Gasteiger partial charge in [-0.25, -0.2) is 0 Å². The molecule has 0 aromatic heterocycles. The molecule has 1 unspecified atom stereocenters. The third-order valence-electron chi connectivity index (χ3n) is 3.58. The first-order chi connectivity index (χ1) is 10.1. The number of phenols is 1. The highest BCUT2D eigenvalue weighted by molar-refractivity contribution is 5.57. The van der Waals surface area contributed by atoms with Crippen LogP contribution < -0.4 is 10.5 Å². The Morgan fingerprint density at radius 2 is 2.05 bits per heavy atom. The van der Waals surface area contributed by atoms with Gasteiger partial charge in [-0.2, -0.15) is 5.26 Å². The van der Waals surface area contributed by atoms with Crippen LogP contribution in [0.1, 0.15) is 22.6 Å². The number of hydrogen-bond acceptors (Lipinski definition) is 4.